The van der Waals surface area contributed by atoms with Crippen LogP contribution in [-0.4, -0.2) is 11.8 Å². The number of benzene rings is 1. The van der Waals surface area contributed by atoms with Crippen LogP contribution >= 0.6 is 15.9 Å². The third-order valence-electron chi connectivity index (χ3n) is 3.45. The Kier molecular flexibility index (Phi) is 4.12. The number of carbonyl (C=O) groups excluding carboxylic acids is 1. The van der Waals surface area contributed by atoms with Gasteiger partial charge in [0.15, 0.2) is 11.6 Å². The zero-order valence-corrected chi connectivity index (χ0v) is 11.3. The molecular formula is C13H14BrF2NO. The maximum Gasteiger partial charge on any atom is 0.173 e. The van der Waals surface area contributed by atoms with E-state index in [1.807, 2.05) is 0 Å². The van der Waals surface area contributed by atoms with Gasteiger partial charge in [-0.1, -0.05) is 12.8 Å². The molecule has 0 bridgehead atoms. The molecule has 0 aliphatic heterocycles. The van der Waals surface area contributed by atoms with E-state index in [1.165, 1.54) is 6.07 Å². The third-order valence-corrected chi connectivity index (χ3v) is 4.06. The minimum absolute atomic E-state index is 0.0941. The first-order valence-corrected chi connectivity index (χ1v) is 6.75. The predicted octanol–water partition coefficient (Wildman–Crippen LogP) is 3.43. The van der Waals surface area contributed by atoms with Gasteiger partial charge in [-0.25, -0.2) is 8.78 Å². The monoisotopic (exact) mass is 317 g/mol. The van der Waals surface area contributed by atoms with E-state index < -0.39 is 28.9 Å². The van der Waals surface area contributed by atoms with E-state index in [9.17, 15) is 13.6 Å². The van der Waals surface area contributed by atoms with Crippen molar-refractivity contribution in [1.29, 1.82) is 0 Å². The van der Waals surface area contributed by atoms with Crippen LogP contribution < -0.4 is 5.73 Å². The molecule has 2 unspecified atom stereocenters. The summed E-state index contributed by atoms with van der Waals surface area (Å²) >= 11 is 2.96. The maximum absolute atomic E-state index is 13.8. The highest BCUT2D eigenvalue weighted by atomic mass is 79.9. The SMILES string of the molecule is NC1CCCCC1C(=O)c1c(F)ccc(Br)c1F. The number of hydrogen-bond acceptors (Lipinski definition) is 2. The zero-order valence-electron chi connectivity index (χ0n) is 9.76. The molecule has 5 heteroatoms. The number of ketones is 1. The van der Waals surface area contributed by atoms with E-state index in [-0.39, 0.29) is 10.5 Å². The fraction of sp³-hybridized carbons (Fsp3) is 0.462. The second-order valence-corrected chi connectivity index (χ2v) is 5.49. The van der Waals surface area contributed by atoms with Crippen molar-refractivity contribution in [3.63, 3.8) is 0 Å². The summed E-state index contributed by atoms with van der Waals surface area (Å²) < 4.78 is 27.6. The van der Waals surface area contributed by atoms with E-state index in [4.69, 9.17) is 5.73 Å². The summed E-state index contributed by atoms with van der Waals surface area (Å²) in [4.78, 5) is 12.2. The van der Waals surface area contributed by atoms with Gasteiger partial charge in [0.05, 0.1) is 10.0 Å². The maximum atomic E-state index is 13.8. The van der Waals surface area contributed by atoms with Gasteiger partial charge in [0.1, 0.15) is 5.82 Å². The molecular weight excluding hydrogens is 304 g/mol. The highest BCUT2D eigenvalue weighted by molar-refractivity contribution is 9.10. The molecule has 0 aromatic heterocycles. The first-order valence-electron chi connectivity index (χ1n) is 5.95. The van der Waals surface area contributed by atoms with E-state index in [0.29, 0.717) is 6.42 Å². The van der Waals surface area contributed by atoms with Crippen molar-refractivity contribution in [2.75, 3.05) is 0 Å². The van der Waals surface area contributed by atoms with Gasteiger partial charge in [-0.15, -0.1) is 0 Å². The van der Waals surface area contributed by atoms with Crippen LogP contribution in [0.25, 0.3) is 0 Å². The predicted molar refractivity (Wildman–Crippen MR) is 68.3 cm³/mol. The van der Waals surface area contributed by atoms with Crippen LogP contribution in [0.3, 0.4) is 0 Å². The summed E-state index contributed by atoms with van der Waals surface area (Å²) in [5, 5.41) is 0. The molecule has 0 spiro atoms. The highest BCUT2D eigenvalue weighted by Crippen LogP contribution is 2.30. The molecule has 0 amide bonds. The van der Waals surface area contributed by atoms with Gasteiger partial charge in [0, 0.05) is 12.0 Å². The minimum Gasteiger partial charge on any atom is -0.327 e. The summed E-state index contributed by atoms with van der Waals surface area (Å²) in [6.45, 7) is 0. The van der Waals surface area contributed by atoms with Crippen LogP contribution in [0.4, 0.5) is 8.78 Å². The largest absolute Gasteiger partial charge is 0.327 e. The summed E-state index contributed by atoms with van der Waals surface area (Å²) in [5.74, 6) is -2.65. The smallest absolute Gasteiger partial charge is 0.173 e. The van der Waals surface area contributed by atoms with Crippen LogP contribution in [0.1, 0.15) is 36.0 Å². The van der Waals surface area contributed by atoms with Gasteiger partial charge < -0.3 is 5.73 Å². The number of halogens is 3. The molecule has 1 saturated carbocycles. The molecule has 0 saturated heterocycles. The lowest BCUT2D eigenvalue weighted by molar-refractivity contribution is 0.0862. The molecule has 98 valence electrons. The summed E-state index contributed by atoms with van der Waals surface area (Å²) in [6.07, 6.45) is 3.18. The molecule has 2 rings (SSSR count). The van der Waals surface area contributed by atoms with Crippen LogP contribution in [0.15, 0.2) is 16.6 Å². The Hall–Kier alpha value is -0.810. The van der Waals surface area contributed by atoms with Crippen LogP contribution in [0.5, 0.6) is 0 Å². The molecule has 1 fully saturated rings. The lowest BCUT2D eigenvalue weighted by Crippen LogP contribution is -2.38. The molecule has 2 N–H and O–H groups in total. The van der Waals surface area contributed by atoms with E-state index in [2.05, 4.69) is 15.9 Å². The molecule has 18 heavy (non-hydrogen) atoms. The fourth-order valence-electron chi connectivity index (χ4n) is 2.42. The topological polar surface area (TPSA) is 43.1 Å². The molecule has 1 aromatic rings. The van der Waals surface area contributed by atoms with Gasteiger partial charge in [-0.3, -0.25) is 4.79 Å². The second-order valence-electron chi connectivity index (χ2n) is 4.64. The zero-order chi connectivity index (χ0) is 13.3. The Labute approximate surface area is 113 Å². The summed E-state index contributed by atoms with van der Waals surface area (Å²) in [5.41, 5.74) is 5.41. The third kappa shape index (κ3) is 2.47. The van der Waals surface area contributed by atoms with Crippen molar-refractivity contribution in [2.24, 2.45) is 11.7 Å². The number of hydrogen-bond donors (Lipinski definition) is 1. The van der Waals surface area contributed by atoms with Gasteiger partial charge in [0.25, 0.3) is 0 Å². The van der Waals surface area contributed by atoms with Crippen LogP contribution in [0.2, 0.25) is 0 Å². The van der Waals surface area contributed by atoms with Crippen molar-refractivity contribution in [2.45, 2.75) is 31.7 Å². The summed E-state index contributed by atoms with van der Waals surface area (Å²) in [7, 11) is 0. The van der Waals surface area contributed by atoms with E-state index in [1.54, 1.807) is 0 Å². The number of rotatable bonds is 2. The Morgan fingerprint density at radius 3 is 2.61 bits per heavy atom. The Bertz CT molecular complexity index is 478. The molecule has 1 aliphatic rings. The van der Waals surface area contributed by atoms with Crippen molar-refractivity contribution in [3.05, 3.63) is 33.8 Å². The Morgan fingerprint density at radius 2 is 1.94 bits per heavy atom. The van der Waals surface area contributed by atoms with Crippen molar-refractivity contribution >= 4 is 21.7 Å². The highest BCUT2D eigenvalue weighted by Gasteiger charge is 2.32. The van der Waals surface area contributed by atoms with Crippen LogP contribution in [-0.2, 0) is 0 Å². The van der Waals surface area contributed by atoms with Crippen LogP contribution in [0, 0.1) is 17.6 Å². The Balaban J connectivity index is 2.36. The van der Waals surface area contributed by atoms with Gasteiger partial charge in [-0.05, 0) is 40.9 Å². The molecule has 0 radical (unpaired) electrons. The molecule has 2 atom stereocenters. The first-order chi connectivity index (χ1) is 8.52. The standard InChI is InChI=1S/C13H14BrF2NO/c14-8-5-6-9(15)11(12(8)16)13(18)7-3-1-2-4-10(7)17/h5-7,10H,1-4,17H2. The fourth-order valence-corrected chi connectivity index (χ4v) is 2.75. The van der Waals surface area contributed by atoms with E-state index in [0.717, 1.165) is 25.3 Å². The van der Waals surface area contributed by atoms with Gasteiger partial charge in [0.2, 0.25) is 0 Å². The normalized spacial score (nSPS) is 24.0. The van der Waals surface area contributed by atoms with Gasteiger partial charge >= 0.3 is 0 Å². The van der Waals surface area contributed by atoms with Crippen molar-refractivity contribution < 1.29 is 13.6 Å². The minimum atomic E-state index is -0.835. The molecule has 1 aliphatic carbocycles. The number of Topliss-reactive ketones (excluding diaryl/α,β-unsaturated/α-hetero) is 1. The van der Waals surface area contributed by atoms with E-state index >= 15 is 0 Å². The van der Waals surface area contributed by atoms with Crippen molar-refractivity contribution in [1.82, 2.24) is 0 Å². The number of carbonyl (C=O) groups is 1. The van der Waals surface area contributed by atoms with Gasteiger partial charge in [-0.2, -0.15) is 0 Å². The first kappa shape index (κ1) is 13.6. The Morgan fingerprint density at radius 1 is 1.28 bits per heavy atom. The average molecular weight is 318 g/mol. The molecule has 0 heterocycles. The van der Waals surface area contributed by atoms with Crippen molar-refractivity contribution in [3.8, 4) is 0 Å². The summed E-state index contributed by atoms with van der Waals surface area (Å²) in [6, 6.07) is 2.04. The lowest BCUT2D eigenvalue weighted by Gasteiger charge is -2.27. The quantitative estimate of drug-likeness (QED) is 0.671. The second kappa shape index (κ2) is 5.45. The molecule has 1 aromatic carbocycles. The molecule has 2 nitrogen and oxygen atoms in total. The average Bonchev–Trinajstić information content (AvgIpc) is 2.35. The lowest BCUT2D eigenvalue weighted by atomic mass is 9.80. The number of nitrogens with two attached hydrogens (primary N) is 1.